The number of nitrogens with one attached hydrogen (secondary N) is 1. The van der Waals surface area contributed by atoms with E-state index in [0.717, 1.165) is 5.56 Å². The van der Waals surface area contributed by atoms with Crippen molar-refractivity contribution in [3.63, 3.8) is 0 Å². The third-order valence-corrected chi connectivity index (χ3v) is 2.85. The lowest BCUT2D eigenvalue weighted by molar-refractivity contribution is -0.119. The molecule has 0 spiro atoms. The highest BCUT2D eigenvalue weighted by Crippen LogP contribution is 2.22. The summed E-state index contributed by atoms with van der Waals surface area (Å²) in [4.78, 5) is 11.2. The second-order valence-electron chi connectivity index (χ2n) is 2.39. The zero-order valence-electron chi connectivity index (χ0n) is 6.75. The van der Waals surface area contributed by atoms with Crippen LogP contribution in [0.3, 0.4) is 0 Å². The molecule has 3 heteroatoms. The lowest BCUT2D eigenvalue weighted by Gasteiger charge is -2.07. The Morgan fingerprint density at radius 3 is 2.50 bits per heavy atom. The van der Waals surface area contributed by atoms with Gasteiger partial charge < -0.3 is 5.32 Å². The molecule has 0 aromatic heterocycles. The first-order valence-corrected chi connectivity index (χ1v) is 4.91. The molecule has 2 nitrogen and oxygen atoms in total. The molecule has 64 valence electrons. The van der Waals surface area contributed by atoms with E-state index in [1.165, 1.54) is 0 Å². The van der Waals surface area contributed by atoms with E-state index in [4.69, 9.17) is 0 Å². The molecule has 0 unspecified atom stereocenters. The van der Waals surface area contributed by atoms with Crippen LogP contribution in [0.1, 0.15) is 9.49 Å². The van der Waals surface area contributed by atoms with Crippen LogP contribution >= 0.6 is 22.6 Å². The van der Waals surface area contributed by atoms with Gasteiger partial charge in [-0.15, -0.1) is 0 Å². The summed E-state index contributed by atoms with van der Waals surface area (Å²) in [6.45, 7) is 0. The van der Waals surface area contributed by atoms with Gasteiger partial charge in [0.2, 0.25) is 5.91 Å². The zero-order chi connectivity index (χ0) is 8.97. The summed E-state index contributed by atoms with van der Waals surface area (Å²) in [6, 6.07) is 9.71. The minimum absolute atomic E-state index is 0.0433. The Balaban J connectivity index is 2.78. The van der Waals surface area contributed by atoms with Crippen molar-refractivity contribution in [3.8, 4) is 0 Å². The monoisotopic (exact) mass is 275 g/mol. The van der Waals surface area contributed by atoms with Crippen LogP contribution in [0.5, 0.6) is 0 Å². The Bertz CT molecular complexity index is 260. The molecule has 1 aromatic rings. The highest BCUT2D eigenvalue weighted by atomic mass is 127. The average Bonchev–Trinajstić information content (AvgIpc) is 2.17. The summed E-state index contributed by atoms with van der Waals surface area (Å²) < 4.78 is -0.0891. The number of hydrogen-bond acceptors (Lipinski definition) is 1. The lowest BCUT2D eigenvalue weighted by atomic mass is 10.1. The van der Waals surface area contributed by atoms with E-state index in [-0.39, 0.29) is 9.83 Å². The van der Waals surface area contributed by atoms with Crippen LogP contribution in [0, 0.1) is 0 Å². The summed E-state index contributed by atoms with van der Waals surface area (Å²) >= 11 is 2.12. The van der Waals surface area contributed by atoms with Crippen LogP contribution in [-0.4, -0.2) is 13.0 Å². The van der Waals surface area contributed by atoms with Gasteiger partial charge in [-0.05, 0) is 5.56 Å². The molecule has 0 heterocycles. The second-order valence-corrected chi connectivity index (χ2v) is 3.63. The van der Waals surface area contributed by atoms with E-state index in [9.17, 15) is 4.79 Å². The molecule has 0 saturated heterocycles. The highest BCUT2D eigenvalue weighted by Gasteiger charge is 2.13. The van der Waals surface area contributed by atoms with Crippen LogP contribution in [0.15, 0.2) is 30.3 Å². The number of amides is 1. The largest absolute Gasteiger partial charge is 0.358 e. The molecule has 0 saturated carbocycles. The summed E-state index contributed by atoms with van der Waals surface area (Å²) in [6.07, 6.45) is 0. The van der Waals surface area contributed by atoms with Crippen molar-refractivity contribution < 1.29 is 4.79 Å². The number of hydrogen-bond donors (Lipinski definition) is 1. The number of alkyl halides is 1. The van der Waals surface area contributed by atoms with Crippen molar-refractivity contribution >= 4 is 28.5 Å². The molecule has 0 radical (unpaired) electrons. The van der Waals surface area contributed by atoms with Crippen molar-refractivity contribution in [2.45, 2.75) is 3.92 Å². The van der Waals surface area contributed by atoms with Gasteiger partial charge in [0, 0.05) is 7.05 Å². The Hall–Kier alpha value is -0.580. The van der Waals surface area contributed by atoms with Gasteiger partial charge in [0.25, 0.3) is 0 Å². The fourth-order valence-electron chi connectivity index (χ4n) is 0.900. The molecule has 0 bridgehead atoms. The summed E-state index contributed by atoms with van der Waals surface area (Å²) in [7, 11) is 1.65. The molecule has 0 fully saturated rings. The molecule has 1 aromatic carbocycles. The van der Waals surface area contributed by atoms with Crippen molar-refractivity contribution in [3.05, 3.63) is 35.9 Å². The van der Waals surface area contributed by atoms with Crippen molar-refractivity contribution in [1.82, 2.24) is 5.32 Å². The number of halogens is 1. The van der Waals surface area contributed by atoms with Crippen LogP contribution in [-0.2, 0) is 4.79 Å². The number of likely N-dealkylation sites (N-methyl/N-ethyl adjacent to an activating group) is 1. The van der Waals surface area contributed by atoms with Gasteiger partial charge in [0.05, 0.1) is 0 Å². The SMILES string of the molecule is CNC(=O)[C@@H](I)c1ccccc1. The number of benzene rings is 1. The Morgan fingerprint density at radius 1 is 1.42 bits per heavy atom. The minimum atomic E-state index is -0.0891. The standard InChI is InChI=1S/C9H10INO/c1-11-9(12)8(10)7-5-3-2-4-6-7/h2-6,8H,1H3,(H,11,12)/t8-/m0/s1. The Morgan fingerprint density at radius 2 is 2.00 bits per heavy atom. The molecule has 1 N–H and O–H groups in total. The summed E-state index contributed by atoms with van der Waals surface area (Å²) in [5.74, 6) is 0.0433. The molecular weight excluding hydrogens is 265 g/mol. The topological polar surface area (TPSA) is 29.1 Å². The summed E-state index contributed by atoms with van der Waals surface area (Å²) in [5.41, 5.74) is 1.04. The van der Waals surface area contributed by atoms with E-state index in [1.54, 1.807) is 7.05 Å². The third-order valence-electron chi connectivity index (χ3n) is 1.57. The van der Waals surface area contributed by atoms with Gasteiger partial charge in [0.1, 0.15) is 3.92 Å². The van der Waals surface area contributed by atoms with Crippen molar-refractivity contribution in [2.24, 2.45) is 0 Å². The molecule has 12 heavy (non-hydrogen) atoms. The van der Waals surface area contributed by atoms with Gasteiger partial charge in [0.15, 0.2) is 0 Å². The first-order valence-electron chi connectivity index (χ1n) is 3.66. The molecular formula is C9H10INO. The molecule has 0 aliphatic rings. The zero-order valence-corrected chi connectivity index (χ0v) is 8.91. The van der Waals surface area contributed by atoms with E-state index in [2.05, 4.69) is 27.9 Å². The Labute approximate surface area is 85.5 Å². The normalized spacial score (nSPS) is 12.2. The number of rotatable bonds is 2. The molecule has 1 rings (SSSR count). The first-order chi connectivity index (χ1) is 5.75. The van der Waals surface area contributed by atoms with Gasteiger partial charge in [-0.1, -0.05) is 52.9 Å². The quantitative estimate of drug-likeness (QED) is 0.648. The molecule has 0 aliphatic carbocycles. The van der Waals surface area contributed by atoms with Gasteiger partial charge in [-0.25, -0.2) is 0 Å². The van der Waals surface area contributed by atoms with E-state index in [0.29, 0.717) is 0 Å². The van der Waals surface area contributed by atoms with E-state index >= 15 is 0 Å². The van der Waals surface area contributed by atoms with Crippen molar-refractivity contribution in [2.75, 3.05) is 7.05 Å². The first kappa shape index (κ1) is 9.51. The summed E-state index contributed by atoms with van der Waals surface area (Å²) in [5, 5.41) is 2.62. The van der Waals surface area contributed by atoms with Gasteiger partial charge in [-0.3, -0.25) is 4.79 Å². The van der Waals surface area contributed by atoms with Crippen LogP contribution in [0.2, 0.25) is 0 Å². The van der Waals surface area contributed by atoms with E-state index < -0.39 is 0 Å². The lowest BCUT2D eigenvalue weighted by Crippen LogP contribution is -2.21. The maximum atomic E-state index is 11.2. The van der Waals surface area contributed by atoms with Crippen LogP contribution in [0.4, 0.5) is 0 Å². The molecule has 0 aliphatic heterocycles. The van der Waals surface area contributed by atoms with Crippen LogP contribution in [0.25, 0.3) is 0 Å². The predicted octanol–water partition coefficient (Wildman–Crippen LogP) is 1.91. The third kappa shape index (κ3) is 2.20. The maximum absolute atomic E-state index is 11.2. The second kappa shape index (κ2) is 4.45. The fraction of sp³-hybridized carbons (Fsp3) is 0.222. The fourth-order valence-corrected chi connectivity index (χ4v) is 1.63. The average molecular weight is 275 g/mol. The predicted molar refractivity (Wildman–Crippen MR) is 57.3 cm³/mol. The van der Waals surface area contributed by atoms with Gasteiger partial charge >= 0.3 is 0 Å². The number of carbonyl (C=O) groups excluding carboxylic acids is 1. The van der Waals surface area contributed by atoms with Crippen LogP contribution < -0.4 is 5.32 Å². The highest BCUT2D eigenvalue weighted by molar-refractivity contribution is 14.1. The molecule has 1 amide bonds. The molecule has 1 atom stereocenters. The Kier molecular flexibility index (Phi) is 3.52. The maximum Gasteiger partial charge on any atom is 0.237 e. The van der Waals surface area contributed by atoms with E-state index in [1.807, 2.05) is 30.3 Å². The smallest absolute Gasteiger partial charge is 0.237 e. The van der Waals surface area contributed by atoms with Gasteiger partial charge in [-0.2, -0.15) is 0 Å². The number of carbonyl (C=O) groups is 1. The van der Waals surface area contributed by atoms with Crippen molar-refractivity contribution in [1.29, 1.82) is 0 Å². The minimum Gasteiger partial charge on any atom is -0.358 e.